The fraction of sp³-hybridized carbons (Fsp3) is 0.500. The summed E-state index contributed by atoms with van der Waals surface area (Å²) in [6.45, 7) is 0. The van der Waals surface area contributed by atoms with Crippen LogP contribution in [-0.2, 0) is 0 Å². The van der Waals surface area contributed by atoms with Crippen molar-refractivity contribution in [2.45, 2.75) is 25.7 Å². The fourth-order valence-corrected chi connectivity index (χ4v) is 0.739. The molecule has 0 radical (unpaired) electrons. The van der Waals surface area contributed by atoms with Crippen molar-refractivity contribution in [1.29, 1.82) is 0 Å². The normalized spacial score (nSPS) is 39.0. The van der Waals surface area contributed by atoms with Gasteiger partial charge in [-0.3, -0.25) is 0 Å². The van der Waals surface area contributed by atoms with E-state index in [-0.39, 0.29) is 0 Å². The van der Waals surface area contributed by atoms with Crippen molar-refractivity contribution in [2.24, 2.45) is 0 Å². The first-order valence-corrected chi connectivity index (χ1v) is 3.12. The van der Waals surface area contributed by atoms with E-state index in [9.17, 15) is 0 Å². The molecule has 0 bridgehead atoms. The molecular formula is C8H12. The predicted molar refractivity (Wildman–Crippen MR) is 36.7 cm³/mol. The average Bonchev–Trinajstić information content (AvgIpc) is 1.90. The molecule has 1 rings (SSSR count). The molecule has 0 fully saturated rings. The maximum atomic E-state index is 7.33. The highest BCUT2D eigenvalue weighted by atomic mass is 13.9. The van der Waals surface area contributed by atoms with Gasteiger partial charge in [-0.25, -0.2) is 0 Å². The Labute approximate surface area is 53.7 Å². The van der Waals surface area contributed by atoms with Crippen molar-refractivity contribution in [3.8, 4) is 0 Å². The van der Waals surface area contributed by atoms with E-state index in [1.54, 1.807) is 12.2 Å². The van der Waals surface area contributed by atoms with Gasteiger partial charge in [-0.15, -0.1) is 0 Å². The third-order valence-electron chi connectivity index (χ3n) is 1.21. The van der Waals surface area contributed by atoms with Crippen molar-refractivity contribution in [2.75, 3.05) is 0 Å². The Bertz CT molecular complexity index is 148. The van der Waals surface area contributed by atoms with Gasteiger partial charge in [0.15, 0.2) is 0 Å². The van der Waals surface area contributed by atoms with Crippen molar-refractivity contribution in [3.63, 3.8) is 0 Å². The summed E-state index contributed by atoms with van der Waals surface area (Å²) in [6.07, 6.45) is 7.35. The van der Waals surface area contributed by atoms with Gasteiger partial charge in [-0.05, 0) is 25.7 Å². The van der Waals surface area contributed by atoms with Crippen LogP contribution in [0.3, 0.4) is 0 Å². The second-order valence-electron chi connectivity index (χ2n) is 1.95. The molecule has 1 aliphatic rings. The van der Waals surface area contributed by atoms with Crippen LogP contribution in [0.2, 0.25) is 0 Å². The maximum Gasteiger partial charge on any atom is 0.0576 e. The van der Waals surface area contributed by atoms with Crippen LogP contribution in [0.5, 0.6) is 0 Å². The lowest BCUT2D eigenvalue weighted by Crippen LogP contribution is -1.74. The zero-order chi connectivity index (χ0) is 7.40. The summed E-state index contributed by atoms with van der Waals surface area (Å²) in [6, 6.07) is 1.31. The first-order chi connectivity index (χ1) is 4.79. The van der Waals surface area contributed by atoms with Crippen molar-refractivity contribution in [1.82, 2.24) is 0 Å². The van der Waals surface area contributed by atoms with E-state index >= 15 is 0 Å². The highest BCUT2D eigenvalue weighted by Crippen LogP contribution is 2.04. The Morgan fingerprint density at radius 2 is 1.50 bits per heavy atom. The molecule has 0 N–H and O–H groups in total. The Morgan fingerprint density at radius 1 is 1.00 bits per heavy atom. The van der Waals surface area contributed by atoms with Gasteiger partial charge >= 0.3 is 0 Å². The topological polar surface area (TPSA) is 0 Å². The zero-order valence-corrected chi connectivity index (χ0v) is 4.98. The first-order valence-electron chi connectivity index (χ1n) is 4.12. The van der Waals surface area contributed by atoms with Crippen molar-refractivity contribution >= 4 is 0 Å². The zero-order valence-electron chi connectivity index (χ0n) is 6.98. The summed E-state index contributed by atoms with van der Waals surface area (Å²) in [5.74, 6) is 0. The summed E-state index contributed by atoms with van der Waals surface area (Å²) in [4.78, 5) is 0. The molecule has 0 saturated carbocycles. The molecule has 0 saturated heterocycles. The van der Waals surface area contributed by atoms with Crippen LogP contribution in [0.1, 0.15) is 28.4 Å². The molecule has 44 valence electrons. The van der Waals surface area contributed by atoms with Crippen LogP contribution >= 0.6 is 0 Å². The number of rotatable bonds is 0. The molecule has 0 heterocycles. The van der Waals surface area contributed by atoms with E-state index in [0.717, 1.165) is 25.7 Å². The molecule has 0 aliphatic heterocycles. The third-order valence-corrected chi connectivity index (χ3v) is 1.21. The van der Waals surface area contributed by atoms with E-state index < -0.39 is 0 Å². The minimum Gasteiger partial charge on any atom is -0.0845 e. The van der Waals surface area contributed by atoms with E-state index in [1.165, 1.54) is 0 Å². The molecule has 0 atom stereocenters. The van der Waals surface area contributed by atoms with Gasteiger partial charge in [0.1, 0.15) is 0 Å². The van der Waals surface area contributed by atoms with E-state index in [1.807, 2.05) is 0 Å². The standard InChI is InChI=1S/C8H12/c1-2-4-6-8-7-5-3-1/h1-4H,5-8H2/b3-1-,4-2-/i3D,4D. The molecule has 0 nitrogen and oxygen atoms in total. The summed E-state index contributed by atoms with van der Waals surface area (Å²) in [5, 5.41) is 0. The SMILES string of the molecule is [2H]/C1=C/C=C(/[2H])CCCC1. The molecule has 0 aromatic heterocycles. The van der Waals surface area contributed by atoms with Gasteiger partial charge in [0.25, 0.3) is 0 Å². The highest BCUT2D eigenvalue weighted by Gasteiger charge is 1.84. The van der Waals surface area contributed by atoms with Gasteiger partial charge in [-0.1, -0.05) is 24.3 Å². The smallest absolute Gasteiger partial charge is 0.0576 e. The lowest BCUT2D eigenvalue weighted by molar-refractivity contribution is 0.758. The summed E-state index contributed by atoms with van der Waals surface area (Å²) < 4.78 is 14.7. The van der Waals surface area contributed by atoms with Gasteiger partial charge in [0.2, 0.25) is 0 Å². The molecular weight excluding hydrogens is 96.1 g/mol. The molecule has 0 unspecified atom stereocenters. The quantitative estimate of drug-likeness (QED) is 0.449. The maximum absolute atomic E-state index is 7.33. The molecule has 8 heavy (non-hydrogen) atoms. The second-order valence-corrected chi connectivity index (χ2v) is 1.95. The van der Waals surface area contributed by atoms with E-state index in [4.69, 9.17) is 2.74 Å². The van der Waals surface area contributed by atoms with E-state index in [2.05, 4.69) is 0 Å². The Morgan fingerprint density at radius 3 is 2.00 bits per heavy atom. The highest BCUT2D eigenvalue weighted by molar-refractivity contribution is 5.03. The summed E-state index contributed by atoms with van der Waals surface area (Å²) >= 11 is 0. The first kappa shape index (κ1) is 3.49. The van der Waals surface area contributed by atoms with Crippen LogP contribution in [-0.4, -0.2) is 0 Å². The molecule has 0 aromatic rings. The Balaban J connectivity index is 2.61. The summed E-state index contributed by atoms with van der Waals surface area (Å²) in [7, 11) is 0. The van der Waals surface area contributed by atoms with Crippen LogP contribution in [0.25, 0.3) is 0 Å². The van der Waals surface area contributed by atoms with Gasteiger partial charge in [-0.2, -0.15) is 0 Å². The van der Waals surface area contributed by atoms with Crippen molar-refractivity contribution < 1.29 is 2.74 Å². The van der Waals surface area contributed by atoms with Crippen LogP contribution < -0.4 is 0 Å². The van der Waals surface area contributed by atoms with Gasteiger partial charge < -0.3 is 0 Å². The largest absolute Gasteiger partial charge is 0.0845 e. The number of hydrogen-bond donors (Lipinski definition) is 0. The monoisotopic (exact) mass is 110 g/mol. The number of allylic oxidation sites excluding steroid dienone is 4. The Kier molecular flexibility index (Phi) is 1.52. The predicted octanol–water partition coefficient (Wildman–Crippen LogP) is 2.67. The van der Waals surface area contributed by atoms with Gasteiger partial charge in [0.05, 0.1) is 2.74 Å². The fourth-order valence-electron chi connectivity index (χ4n) is 0.739. The Hall–Kier alpha value is -0.520. The molecule has 0 amide bonds. The lowest BCUT2D eigenvalue weighted by Gasteiger charge is -1.94. The molecule has 0 aromatic carbocycles. The van der Waals surface area contributed by atoms with Crippen LogP contribution in [0.4, 0.5) is 0 Å². The lowest BCUT2D eigenvalue weighted by atomic mass is 10.1. The molecule has 0 spiro atoms. The summed E-state index contributed by atoms with van der Waals surface area (Å²) in [5.41, 5.74) is 0. The average molecular weight is 110 g/mol. The van der Waals surface area contributed by atoms with Crippen LogP contribution in [0.15, 0.2) is 24.3 Å². The van der Waals surface area contributed by atoms with Gasteiger partial charge in [0, 0.05) is 0 Å². The number of hydrogen-bond acceptors (Lipinski definition) is 0. The van der Waals surface area contributed by atoms with E-state index in [0.29, 0.717) is 12.1 Å². The van der Waals surface area contributed by atoms with Crippen molar-refractivity contribution in [3.05, 3.63) is 24.3 Å². The molecule has 1 aliphatic carbocycles. The molecule has 0 heteroatoms. The second kappa shape index (κ2) is 3.48. The van der Waals surface area contributed by atoms with Crippen LogP contribution in [0, 0.1) is 0 Å². The minimum absolute atomic E-state index is 0.657. The minimum atomic E-state index is 0.657. The third kappa shape index (κ3) is 1.97.